The number of aliphatic imine (C=N–C) groups is 1. The summed E-state index contributed by atoms with van der Waals surface area (Å²) in [7, 11) is 0. The third kappa shape index (κ3) is 2.72. The van der Waals surface area contributed by atoms with Crippen LogP contribution in [-0.2, 0) is 6.54 Å². The highest BCUT2D eigenvalue weighted by Crippen LogP contribution is 2.29. The number of para-hydroxylation sites is 1. The first-order valence-corrected chi connectivity index (χ1v) is 8.48. The standard InChI is InChI=1S/C22H19FN2/c1-3-25-21-7-5-4-6-18(21)19-12-16(9-11-22(19)25)14-24-17-10-8-15(2)20(23)13-17/h4-14H,3H2,1-2H3/b24-14+. The minimum atomic E-state index is -0.226. The number of hydrogen-bond donors (Lipinski definition) is 0. The number of nitrogens with zero attached hydrogens (tertiary/aromatic N) is 2. The highest BCUT2D eigenvalue weighted by atomic mass is 19.1. The maximum atomic E-state index is 13.7. The highest BCUT2D eigenvalue weighted by Gasteiger charge is 2.09. The molecule has 0 aliphatic heterocycles. The Hall–Kier alpha value is -2.94. The van der Waals surface area contributed by atoms with E-state index in [1.807, 2.05) is 6.07 Å². The highest BCUT2D eigenvalue weighted by molar-refractivity contribution is 6.09. The Labute approximate surface area is 146 Å². The van der Waals surface area contributed by atoms with Gasteiger partial charge < -0.3 is 4.57 Å². The van der Waals surface area contributed by atoms with Crippen LogP contribution in [0, 0.1) is 12.7 Å². The molecule has 0 N–H and O–H groups in total. The van der Waals surface area contributed by atoms with E-state index in [4.69, 9.17) is 0 Å². The number of hydrogen-bond acceptors (Lipinski definition) is 1. The average molecular weight is 330 g/mol. The van der Waals surface area contributed by atoms with Gasteiger partial charge in [0.15, 0.2) is 0 Å². The normalized spacial score (nSPS) is 11.8. The van der Waals surface area contributed by atoms with Crippen LogP contribution in [0.2, 0.25) is 0 Å². The molecule has 0 aliphatic carbocycles. The van der Waals surface area contributed by atoms with Gasteiger partial charge in [-0.3, -0.25) is 4.99 Å². The van der Waals surface area contributed by atoms with Gasteiger partial charge in [-0.1, -0.05) is 30.3 Å². The van der Waals surface area contributed by atoms with Crippen molar-refractivity contribution in [1.29, 1.82) is 0 Å². The summed E-state index contributed by atoms with van der Waals surface area (Å²) >= 11 is 0. The molecule has 0 unspecified atom stereocenters. The topological polar surface area (TPSA) is 17.3 Å². The van der Waals surface area contributed by atoms with Crippen molar-refractivity contribution in [2.45, 2.75) is 20.4 Å². The number of halogens is 1. The van der Waals surface area contributed by atoms with Gasteiger partial charge in [0.2, 0.25) is 0 Å². The lowest BCUT2D eigenvalue weighted by molar-refractivity contribution is 0.619. The maximum Gasteiger partial charge on any atom is 0.128 e. The third-order valence-electron chi connectivity index (χ3n) is 4.63. The van der Waals surface area contributed by atoms with E-state index in [9.17, 15) is 4.39 Å². The molecule has 3 heteroatoms. The summed E-state index contributed by atoms with van der Waals surface area (Å²) in [5.74, 6) is -0.226. The number of rotatable bonds is 3. The number of fused-ring (bicyclic) bond motifs is 3. The summed E-state index contributed by atoms with van der Waals surface area (Å²) in [4.78, 5) is 4.42. The van der Waals surface area contributed by atoms with E-state index in [1.54, 1.807) is 19.2 Å². The van der Waals surface area contributed by atoms with Gasteiger partial charge in [-0.15, -0.1) is 0 Å². The van der Waals surface area contributed by atoms with Gasteiger partial charge in [-0.25, -0.2) is 4.39 Å². The number of aromatic nitrogens is 1. The Kier molecular flexibility index (Phi) is 3.85. The minimum absolute atomic E-state index is 0.226. The maximum absolute atomic E-state index is 13.7. The molecule has 0 atom stereocenters. The molecule has 0 bridgehead atoms. The average Bonchev–Trinajstić information content (AvgIpc) is 2.96. The first-order chi connectivity index (χ1) is 12.2. The zero-order chi connectivity index (χ0) is 17.4. The predicted octanol–water partition coefficient (Wildman–Crippen LogP) is 6.01. The summed E-state index contributed by atoms with van der Waals surface area (Å²) < 4.78 is 16.0. The lowest BCUT2D eigenvalue weighted by Crippen LogP contribution is -1.92. The molecule has 0 saturated carbocycles. The molecule has 1 heterocycles. The van der Waals surface area contributed by atoms with Crippen LogP contribution in [0.15, 0.2) is 65.7 Å². The van der Waals surface area contributed by atoms with E-state index in [0.29, 0.717) is 11.3 Å². The van der Waals surface area contributed by atoms with Crippen molar-refractivity contribution in [1.82, 2.24) is 4.57 Å². The van der Waals surface area contributed by atoms with Crippen LogP contribution < -0.4 is 0 Å². The van der Waals surface area contributed by atoms with Crippen molar-refractivity contribution in [3.63, 3.8) is 0 Å². The van der Waals surface area contributed by atoms with Gasteiger partial charge in [0, 0.05) is 34.6 Å². The van der Waals surface area contributed by atoms with Crippen LogP contribution in [0.25, 0.3) is 21.8 Å². The molecular formula is C22H19FN2. The largest absolute Gasteiger partial charge is 0.341 e. The van der Waals surface area contributed by atoms with Crippen LogP contribution in [0.1, 0.15) is 18.1 Å². The molecule has 3 aromatic carbocycles. The Morgan fingerprint density at radius 3 is 2.56 bits per heavy atom. The van der Waals surface area contributed by atoms with Crippen molar-refractivity contribution < 1.29 is 4.39 Å². The second-order valence-corrected chi connectivity index (χ2v) is 6.23. The Balaban J connectivity index is 1.79. The van der Waals surface area contributed by atoms with Crippen LogP contribution in [0.4, 0.5) is 10.1 Å². The molecule has 1 aromatic heterocycles. The van der Waals surface area contributed by atoms with Crippen LogP contribution in [0.3, 0.4) is 0 Å². The number of benzene rings is 3. The predicted molar refractivity (Wildman–Crippen MR) is 104 cm³/mol. The van der Waals surface area contributed by atoms with Gasteiger partial charge in [0.05, 0.1) is 5.69 Å². The minimum Gasteiger partial charge on any atom is -0.341 e. The molecule has 0 radical (unpaired) electrons. The van der Waals surface area contributed by atoms with E-state index < -0.39 is 0 Å². The van der Waals surface area contributed by atoms with Gasteiger partial charge >= 0.3 is 0 Å². The molecule has 124 valence electrons. The second-order valence-electron chi connectivity index (χ2n) is 6.23. The lowest BCUT2D eigenvalue weighted by Gasteiger charge is -2.02. The van der Waals surface area contributed by atoms with Crippen molar-refractivity contribution in [2.75, 3.05) is 0 Å². The lowest BCUT2D eigenvalue weighted by atomic mass is 10.1. The number of aryl methyl sites for hydroxylation is 2. The van der Waals surface area contributed by atoms with E-state index in [1.165, 1.54) is 27.9 Å². The fourth-order valence-electron chi connectivity index (χ4n) is 3.30. The van der Waals surface area contributed by atoms with Gasteiger partial charge in [0.25, 0.3) is 0 Å². The molecular weight excluding hydrogens is 311 g/mol. The van der Waals surface area contributed by atoms with Crippen molar-refractivity contribution in [3.8, 4) is 0 Å². The van der Waals surface area contributed by atoms with Crippen molar-refractivity contribution in [2.24, 2.45) is 4.99 Å². The third-order valence-corrected chi connectivity index (χ3v) is 4.63. The van der Waals surface area contributed by atoms with Crippen molar-refractivity contribution in [3.05, 3.63) is 77.6 Å². The molecule has 4 aromatic rings. The summed E-state index contributed by atoms with van der Waals surface area (Å²) in [5, 5.41) is 2.47. The van der Waals surface area contributed by atoms with Crippen LogP contribution in [-0.4, -0.2) is 10.8 Å². The summed E-state index contributed by atoms with van der Waals surface area (Å²) in [6, 6.07) is 19.8. The summed E-state index contributed by atoms with van der Waals surface area (Å²) in [6.07, 6.45) is 1.79. The Bertz CT molecular complexity index is 1110. The first kappa shape index (κ1) is 15.6. The molecule has 0 aliphatic rings. The Morgan fingerprint density at radius 1 is 0.960 bits per heavy atom. The van der Waals surface area contributed by atoms with Crippen LogP contribution in [0.5, 0.6) is 0 Å². The zero-order valence-corrected chi connectivity index (χ0v) is 14.3. The van der Waals surface area contributed by atoms with Gasteiger partial charge in [-0.05, 0) is 55.3 Å². The fourth-order valence-corrected chi connectivity index (χ4v) is 3.30. The monoisotopic (exact) mass is 330 g/mol. The summed E-state index contributed by atoms with van der Waals surface area (Å²) in [6.45, 7) is 4.84. The summed E-state index contributed by atoms with van der Waals surface area (Å²) in [5.41, 5.74) is 4.73. The molecule has 0 amide bonds. The zero-order valence-electron chi connectivity index (χ0n) is 14.3. The molecule has 25 heavy (non-hydrogen) atoms. The van der Waals surface area contributed by atoms with E-state index in [-0.39, 0.29) is 5.82 Å². The molecule has 0 saturated heterocycles. The molecule has 0 fully saturated rings. The second kappa shape index (κ2) is 6.17. The van der Waals surface area contributed by atoms with Gasteiger partial charge in [-0.2, -0.15) is 0 Å². The molecule has 2 nitrogen and oxygen atoms in total. The van der Waals surface area contributed by atoms with E-state index in [2.05, 4.69) is 58.9 Å². The Morgan fingerprint density at radius 2 is 1.76 bits per heavy atom. The first-order valence-electron chi connectivity index (χ1n) is 8.48. The molecule has 0 spiro atoms. The van der Waals surface area contributed by atoms with Gasteiger partial charge in [0.1, 0.15) is 5.82 Å². The van der Waals surface area contributed by atoms with E-state index in [0.717, 1.165) is 12.1 Å². The smallest absolute Gasteiger partial charge is 0.128 e. The quantitative estimate of drug-likeness (QED) is 0.409. The van der Waals surface area contributed by atoms with E-state index >= 15 is 0 Å². The van der Waals surface area contributed by atoms with Crippen molar-refractivity contribution >= 4 is 33.7 Å². The van der Waals surface area contributed by atoms with Crippen LogP contribution >= 0.6 is 0 Å². The molecule has 4 rings (SSSR count). The SMILES string of the molecule is CCn1c2ccccc2c2cc(/C=N/c3ccc(C)c(F)c3)ccc21. The fraction of sp³-hybridized carbons (Fsp3) is 0.136.